The van der Waals surface area contributed by atoms with Gasteiger partial charge >= 0.3 is 6.01 Å². The predicted molar refractivity (Wildman–Crippen MR) is 71.3 cm³/mol. The summed E-state index contributed by atoms with van der Waals surface area (Å²) in [6.45, 7) is 4.38. The maximum atomic E-state index is 8.92. The van der Waals surface area contributed by atoms with Crippen molar-refractivity contribution in [2.75, 3.05) is 19.7 Å². The molecular weight excluding hydrogens is 256 g/mol. The average Bonchev–Trinajstić information content (AvgIpc) is 2.81. The standard InChI is InChI=1S/C14H18N4O2/c1-10-6-11(8-15)18-13(17-10)20-12-7-14(19-9-12)2-4-16-5-3-14/h6,12,16H,2-5,7,9H2,1H3. The maximum Gasteiger partial charge on any atom is 0.318 e. The minimum Gasteiger partial charge on any atom is -0.458 e. The van der Waals surface area contributed by atoms with E-state index in [0.29, 0.717) is 12.3 Å². The normalized spacial score (nSPS) is 24.5. The fraction of sp³-hybridized carbons (Fsp3) is 0.643. The highest BCUT2D eigenvalue weighted by molar-refractivity contribution is 5.23. The maximum absolute atomic E-state index is 8.92. The number of aromatic nitrogens is 2. The third kappa shape index (κ3) is 2.74. The molecule has 106 valence electrons. The zero-order valence-electron chi connectivity index (χ0n) is 11.6. The first-order chi connectivity index (χ1) is 9.69. The van der Waals surface area contributed by atoms with Crippen LogP contribution in [-0.4, -0.2) is 41.4 Å². The van der Waals surface area contributed by atoms with Gasteiger partial charge in [0.1, 0.15) is 17.9 Å². The van der Waals surface area contributed by atoms with Crippen LogP contribution in [-0.2, 0) is 4.74 Å². The molecule has 3 heterocycles. The molecular formula is C14H18N4O2. The molecule has 0 saturated carbocycles. The summed E-state index contributed by atoms with van der Waals surface area (Å²) in [4.78, 5) is 8.31. The van der Waals surface area contributed by atoms with E-state index >= 15 is 0 Å². The van der Waals surface area contributed by atoms with Crippen LogP contribution in [0, 0.1) is 18.3 Å². The fourth-order valence-electron chi connectivity index (χ4n) is 2.91. The monoisotopic (exact) mass is 274 g/mol. The van der Waals surface area contributed by atoms with E-state index in [-0.39, 0.29) is 17.7 Å². The van der Waals surface area contributed by atoms with E-state index in [1.54, 1.807) is 6.07 Å². The highest BCUT2D eigenvalue weighted by Gasteiger charge is 2.42. The molecule has 1 aromatic rings. The Morgan fingerprint density at radius 1 is 1.45 bits per heavy atom. The largest absolute Gasteiger partial charge is 0.458 e. The molecule has 1 N–H and O–H groups in total. The molecule has 1 spiro atoms. The van der Waals surface area contributed by atoms with Gasteiger partial charge in [0.05, 0.1) is 12.2 Å². The van der Waals surface area contributed by atoms with Crippen molar-refractivity contribution in [1.82, 2.24) is 15.3 Å². The minimum atomic E-state index is -0.0438. The van der Waals surface area contributed by atoms with Crippen molar-refractivity contribution in [3.63, 3.8) is 0 Å². The van der Waals surface area contributed by atoms with Crippen LogP contribution in [0.3, 0.4) is 0 Å². The van der Waals surface area contributed by atoms with Crippen molar-refractivity contribution < 1.29 is 9.47 Å². The van der Waals surface area contributed by atoms with Gasteiger partial charge in [-0.05, 0) is 38.9 Å². The van der Waals surface area contributed by atoms with Crippen LogP contribution in [0.4, 0.5) is 0 Å². The van der Waals surface area contributed by atoms with E-state index in [1.807, 2.05) is 13.0 Å². The second-order valence-electron chi connectivity index (χ2n) is 5.48. The van der Waals surface area contributed by atoms with Crippen molar-refractivity contribution in [1.29, 1.82) is 5.26 Å². The van der Waals surface area contributed by atoms with Crippen LogP contribution in [0.5, 0.6) is 6.01 Å². The Kier molecular flexibility index (Phi) is 3.55. The van der Waals surface area contributed by atoms with Crippen LogP contribution in [0.2, 0.25) is 0 Å². The summed E-state index contributed by atoms with van der Waals surface area (Å²) in [6.07, 6.45) is 2.88. The minimum absolute atomic E-state index is 0.0264. The highest BCUT2D eigenvalue weighted by Crippen LogP contribution is 2.35. The summed E-state index contributed by atoms with van der Waals surface area (Å²) in [5.41, 5.74) is 1.03. The van der Waals surface area contributed by atoms with E-state index in [0.717, 1.165) is 38.0 Å². The van der Waals surface area contributed by atoms with E-state index in [1.165, 1.54) is 0 Å². The number of ether oxygens (including phenoxy) is 2. The molecule has 2 fully saturated rings. The summed E-state index contributed by atoms with van der Waals surface area (Å²) in [5.74, 6) is 0. The lowest BCUT2D eigenvalue weighted by atomic mass is 9.89. The Hall–Kier alpha value is -1.71. The van der Waals surface area contributed by atoms with Gasteiger partial charge in [-0.1, -0.05) is 0 Å². The van der Waals surface area contributed by atoms with Gasteiger partial charge in [-0.2, -0.15) is 10.2 Å². The number of nitriles is 1. The number of nitrogens with one attached hydrogen (secondary N) is 1. The second-order valence-corrected chi connectivity index (χ2v) is 5.48. The van der Waals surface area contributed by atoms with Crippen LogP contribution in [0.15, 0.2) is 6.07 Å². The smallest absolute Gasteiger partial charge is 0.318 e. The summed E-state index contributed by atoms with van der Waals surface area (Å²) < 4.78 is 11.8. The lowest BCUT2D eigenvalue weighted by Gasteiger charge is -2.32. The van der Waals surface area contributed by atoms with Gasteiger partial charge in [0.25, 0.3) is 0 Å². The first kappa shape index (κ1) is 13.3. The zero-order valence-corrected chi connectivity index (χ0v) is 11.6. The first-order valence-electron chi connectivity index (χ1n) is 6.96. The third-order valence-electron chi connectivity index (χ3n) is 3.91. The topological polar surface area (TPSA) is 80.1 Å². The molecule has 3 rings (SSSR count). The van der Waals surface area contributed by atoms with Crippen LogP contribution < -0.4 is 10.1 Å². The van der Waals surface area contributed by atoms with Crippen LogP contribution in [0.25, 0.3) is 0 Å². The first-order valence-corrected chi connectivity index (χ1v) is 6.96. The summed E-state index contributed by atoms with van der Waals surface area (Å²) in [7, 11) is 0. The van der Waals surface area contributed by atoms with Gasteiger partial charge in [0.2, 0.25) is 0 Å². The number of hydrogen-bond acceptors (Lipinski definition) is 6. The van der Waals surface area contributed by atoms with E-state index in [2.05, 4.69) is 15.3 Å². The number of nitrogens with zero attached hydrogens (tertiary/aromatic N) is 3. The molecule has 2 aliphatic rings. The summed E-state index contributed by atoms with van der Waals surface area (Å²) >= 11 is 0. The Labute approximate surface area is 118 Å². The van der Waals surface area contributed by atoms with Crippen LogP contribution >= 0.6 is 0 Å². The molecule has 0 radical (unpaired) electrons. The molecule has 1 unspecified atom stereocenters. The third-order valence-corrected chi connectivity index (χ3v) is 3.91. The van der Waals surface area contributed by atoms with Crippen molar-refractivity contribution in [2.24, 2.45) is 0 Å². The summed E-state index contributed by atoms with van der Waals surface area (Å²) in [5, 5.41) is 12.3. The average molecular weight is 274 g/mol. The van der Waals surface area contributed by atoms with Crippen LogP contribution in [0.1, 0.15) is 30.7 Å². The highest BCUT2D eigenvalue weighted by atomic mass is 16.6. The molecule has 0 aromatic carbocycles. The molecule has 0 amide bonds. The SMILES string of the molecule is Cc1cc(C#N)nc(OC2COC3(CCNCC3)C2)n1. The van der Waals surface area contributed by atoms with Gasteiger partial charge in [-0.3, -0.25) is 0 Å². The van der Waals surface area contributed by atoms with E-state index in [9.17, 15) is 0 Å². The molecule has 20 heavy (non-hydrogen) atoms. The lowest BCUT2D eigenvalue weighted by molar-refractivity contribution is -0.0206. The van der Waals surface area contributed by atoms with Gasteiger partial charge < -0.3 is 14.8 Å². The Balaban J connectivity index is 1.67. The van der Waals surface area contributed by atoms with Crippen molar-refractivity contribution >= 4 is 0 Å². The zero-order chi connectivity index (χ0) is 14.0. The lowest BCUT2D eigenvalue weighted by Crippen LogP contribution is -2.41. The number of rotatable bonds is 2. The molecule has 1 aromatic heterocycles. The molecule has 2 saturated heterocycles. The van der Waals surface area contributed by atoms with Crippen molar-refractivity contribution in [3.05, 3.63) is 17.5 Å². The van der Waals surface area contributed by atoms with Gasteiger partial charge in [-0.25, -0.2) is 4.98 Å². The Morgan fingerprint density at radius 2 is 2.25 bits per heavy atom. The number of aryl methyl sites for hydroxylation is 1. The molecule has 6 heteroatoms. The second kappa shape index (κ2) is 5.35. The molecule has 6 nitrogen and oxygen atoms in total. The quantitative estimate of drug-likeness (QED) is 0.864. The predicted octanol–water partition coefficient (Wildman–Crippen LogP) is 0.947. The number of piperidine rings is 1. The van der Waals surface area contributed by atoms with Gasteiger partial charge in [-0.15, -0.1) is 0 Å². The molecule has 0 aliphatic carbocycles. The molecule has 2 aliphatic heterocycles. The van der Waals surface area contributed by atoms with Crippen molar-refractivity contribution in [2.45, 2.75) is 37.9 Å². The van der Waals surface area contributed by atoms with Crippen molar-refractivity contribution in [3.8, 4) is 12.1 Å². The number of hydrogen-bond donors (Lipinski definition) is 1. The molecule has 1 atom stereocenters. The fourth-order valence-corrected chi connectivity index (χ4v) is 2.91. The Bertz CT molecular complexity index is 534. The molecule has 0 bridgehead atoms. The van der Waals surface area contributed by atoms with Gasteiger partial charge in [0.15, 0.2) is 0 Å². The Morgan fingerprint density at radius 3 is 3.00 bits per heavy atom. The van der Waals surface area contributed by atoms with E-state index < -0.39 is 0 Å². The summed E-state index contributed by atoms with van der Waals surface area (Å²) in [6, 6.07) is 3.94. The van der Waals surface area contributed by atoms with Gasteiger partial charge in [0, 0.05) is 12.1 Å². The van der Waals surface area contributed by atoms with E-state index in [4.69, 9.17) is 14.7 Å².